The molecule has 1 unspecified atom stereocenters. The molecule has 0 saturated carbocycles. The van der Waals surface area contributed by atoms with Gasteiger partial charge >= 0.3 is 0 Å². The van der Waals surface area contributed by atoms with E-state index in [1.807, 2.05) is 0 Å². The van der Waals surface area contributed by atoms with E-state index in [0.29, 0.717) is 11.8 Å². The second-order valence-corrected chi connectivity index (χ2v) is 3.42. The fraction of sp³-hybridized carbons (Fsp3) is 0.125. The summed E-state index contributed by atoms with van der Waals surface area (Å²) in [5.74, 6) is 0. The lowest BCUT2D eigenvalue weighted by Crippen LogP contribution is -1.91. The van der Waals surface area contributed by atoms with Crippen LogP contribution in [-0.4, -0.2) is 15.0 Å². The molecule has 12 heavy (non-hydrogen) atoms. The second kappa shape index (κ2) is 3.60. The molecule has 0 amide bonds. The first-order chi connectivity index (χ1) is 5.63. The summed E-state index contributed by atoms with van der Waals surface area (Å²) in [6.07, 6.45) is 0.656. The lowest BCUT2D eigenvalue weighted by molar-refractivity contribution is 0.112. The van der Waals surface area contributed by atoms with E-state index in [1.54, 1.807) is 19.1 Å². The molecule has 1 aromatic carbocycles. The number of carbonyl (C=O) groups excluding carboxylic acids is 1. The highest BCUT2D eigenvalue weighted by atomic mass is 32.2. The predicted octanol–water partition coefficient (Wildman–Crippen LogP) is 1.39. The van der Waals surface area contributed by atoms with Crippen molar-refractivity contribution in [2.45, 2.75) is 11.8 Å². The van der Waals surface area contributed by atoms with Crippen LogP contribution in [-0.2, 0) is 11.1 Å². The summed E-state index contributed by atoms with van der Waals surface area (Å²) in [5, 5.41) is 0. The van der Waals surface area contributed by atoms with Crippen molar-refractivity contribution in [2.24, 2.45) is 0 Å². The summed E-state index contributed by atoms with van der Waals surface area (Å²) < 4.78 is 19.3. The Bertz CT molecular complexity index is 333. The van der Waals surface area contributed by atoms with Crippen LogP contribution in [0.15, 0.2) is 23.1 Å². The van der Waals surface area contributed by atoms with E-state index < -0.39 is 11.1 Å². The molecule has 1 aromatic rings. The molecule has 0 aliphatic rings. The molecular weight excluding hydrogens is 176 g/mol. The van der Waals surface area contributed by atoms with Gasteiger partial charge in [0.2, 0.25) is 0 Å². The SMILES string of the molecule is Cc1cc(C=O)cc(S(=O)O)c1. The maximum Gasteiger partial charge on any atom is 0.186 e. The van der Waals surface area contributed by atoms with Gasteiger partial charge in [0.1, 0.15) is 6.29 Å². The molecule has 4 heteroatoms. The molecule has 1 rings (SSSR count). The molecule has 1 N–H and O–H groups in total. The summed E-state index contributed by atoms with van der Waals surface area (Å²) >= 11 is -2.01. The molecule has 0 spiro atoms. The predicted molar refractivity (Wildman–Crippen MR) is 45.6 cm³/mol. The first kappa shape index (κ1) is 9.09. The van der Waals surface area contributed by atoms with Crippen LogP contribution >= 0.6 is 0 Å². The van der Waals surface area contributed by atoms with Gasteiger partial charge in [-0.25, -0.2) is 4.21 Å². The number of hydrogen-bond acceptors (Lipinski definition) is 2. The Labute approximate surface area is 72.7 Å². The second-order valence-electron chi connectivity index (χ2n) is 2.45. The van der Waals surface area contributed by atoms with Crippen molar-refractivity contribution < 1.29 is 13.6 Å². The number of benzene rings is 1. The average Bonchev–Trinajstić information content (AvgIpc) is 2.03. The minimum absolute atomic E-state index is 0.261. The van der Waals surface area contributed by atoms with Gasteiger partial charge in [0.25, 0.3) is 0 Å². The van der Waals surface area contributed by atoms with Gasteiger partial charge in [-0.05, 0) is 30.7 Å². The smallest absolute Gasteiger partial charge is 0.186 e. The van der Waals surface area contributed by atoms with Crippen molar-refractivity contribution >= 4 is 17.4 Å². The van der Waals surface area contributed by atoms with Crippen LogP contribution < -0.4 is 0 Å². The lowest BCUT2D eigenvalue weighted by Gasteiger charge is -1.98. The Morgan fingerprint density at radius 2 is 2.08 bits per heavy atom. The van der Waals surface area contributed by atoms with Crippen LogP contribution in [0, 0.1) is 6.92 Å². The van der Waals surface area contributed by atoms with Crippen LogP contribution in [0.1, 0.15) is 15.9 Å². The summed E-state index contributed by atoms with van der Waals surface area (Å²) in [4.78, 5) is 10.6. The van der Waals surface area contributed by atoms with E-state index in [9.17, 15) is 9.00 Å². The minimum Gasteiger partial charge on any atom is -0.302 e. The molecule has 0 radical (unpaired) electrons. The first-order valence-electron chi connectivity index (χ1n) is 3.31. The Morgan fingerprint density at radius 3 is 2.58 bits per heavy atom. The quantitative estimate of drug-likeness (QED) is 0.558. The van der Waals surface area contributed by atoms with Crippen LogP contribution in [0.25, 0.3) is 0 Å². The summed E-state index contributed by atoms with van der Waals surface area (Å²) in [6, 6.07) is 4.63. The van der Waals surface area contributed by atoms with E-state index in [0.717, 1.165) is 5.56 Å². The standard InChI is InChI=1S/C8H8O3S/c1-6-2-7(5-9)4-8(3-6)12(10)11/h2-5H,1H3,(H,10,11). The summed E-state index contributed by atoms with van der Waals surface area (Å²) in [7, 11) is 0. The molecule has 0 bridgehead atoms. The zero-order chi connectivity index (χ0) is 9.14. The molecule has 1 atom stereocenters. The van der Waals surface area contributed by atoms with E-state index in [4.69, 9.17) is 4.55 Å². The van der Waals surface area contributed by atoms with E-state index in [2.05, 4.69) is 0 Å². The van der Waals surface area contributed by atoms with E-state index >= 15 is 0 Å². The molecule has 0 saturated heterocycles. The van der Waals surface area contributed by atoms with Crippen LogP contribution in [0.5, 0.6) is 0 Å². The average molecular weight is 184 g/mol. The Balaban J connectivity index is 3.23. The number of hydrogen-bond donors (Lipinski definition) is 1. The van der Waals surface area contributed by atoms with E-state index in [-0.39, 0.29) is 4.90 Å². The Hall–Kier alpha value is -1.00. The summed E-state index contributed by atoms with van der Waals surface area (Å²) in [5.41, 5.74) is 1.23. The van der Waals surface area contributed by atoms with Gasteiger partial charge in [0.05, 0.1) is 4.90 Å². The topological polar surface area (TPSA) is 54.4 Å². The maximum absolute atomic E-state index is 10.6. The van der Waals surface area contributed by atoms with Gasteiger partial charge in [0, 0.05) is 5.56 Å². The van der Waals surface area contributed by atoms with Gasteiger partial charge in [-0.2, -0.15) is 0 Å². The Kier molecular flexibility index (Phi) is 2.73. The zero-order valence-electron chi connectivity index (χ0n) is 6.48. The molecule has 0 aromatic heterocycles. The zero-order valence-corrected chi connectivity index (χ0v) is 7.30. The number of aryl methyl sites for hydroxylation is 1. The molecular formula is C8H8O3S. The molecule has 0 heterocycles. The van der Waals surface area contributed by atoms with Crippen molar-refractivity contribution in [3.05, 3.63) is 29.3 Å². The highest BCUT2D eigenvalue weighted by molar-refractivity contribution is 7.79. The van der Waals surface area contributed by atoms with Gasteiger partial charge in [-0.1, -0.05) is 0 Å². The summed E-state index contributed by atoms with van der Waals surface area (Å²) in [6.45, 7) is 1.77. The lowest BCUT2D eigenvalue weighted by atomic mass is 10.2. The maximum atomic E-state index is 10.6. The first-order valence-corrected chi connectivity index (χ1v) is 4.42. The van der Waals surface area contributed by atoms with Gasteiger partial charge in [-0.15, -0.1) is 0 Å². The van der Waals surface area contributed by atoms with Crippen LogP contribution in [0.2, 0.25) is 0 Å². The van der Waals surface area contributed by atoms with Gasteiger partial charge in [-0.3, -0.25) is 4.79 Å². The van der Waals surface area contributed by atoms with Crippen molar-refractivity contribution in [1.29, 1.82) is 0 Å². The van der Waals surface area contributed by atoms with Crippen molar-refractivity contribution in [1.82, 2.24) is 0 Å². The van der Waals surface area contributed by atoms with Crippen LogP contribution in [0.3, 0.4) is 0 Å². The highest BCUT2D eigenvalue weighted by Crippen LogP contribution is 2.10. The van der Waals surface area contributed by atoms with Crippen molar-refractivity contribution in [3.8, 4) is 0 Å². The third kappa shape index (κ3) is 1.99. The van der Waals surface area contributed by atoms with E-state index in [1.165, 1.54) is 6.07 Å². The fourth-order valence-electron chi connectivity index (χ4n) is 0.945. The normalized spacial score (nSPS) is 12.5. The third-order valence-electron chi connectivity index (χ3n) is 1.41. The molecule has 0 aliphatic carbocycles. The number of aldehydes is 1. The largest absolute Gasteiger partial charge is 0.302 e. The monoisotopic (exact) mass is 184 g/mol. The van der Waals surface area contributed by atoms with Crippen molar-refractivity contribution in [3.63, 3.8) is 0 Å². The third-order valence-corrected chi connectivity index (χ3v) is 2.05. The molecule has 3 nitrogen and oxygen atoms in total. The molecule has 0 aliphatic heterocycles. The highest BCUT2D eigenvalue weighted by Gasteiger charge is 2.01. The van der Waals surface area contributed by atoms with Gasteiger partial charge in [0.15, 0.2) is 11.1 Å². The van der Waals surface area contributed by atoms with Crippen LogP contribution in [0.4, 0.5) is 0 Å². The molecule has 64 valence electrons. The fourth-order valence-corrected chi connectivity index (χ4v) is 1.47. The van der Waals surface area contributed by atoms with Gasteiger partial charge < -0.3 is 4.55 Å². The number of rotatable bonds is 2. The number of carbonyl (C=O) groups is 1. The Morgan fingerprint density at radius 1 is 1.42 bits per heavy atom. The van der Waals surface area contributed by atoms with Crippen molar-refractivity contribution in [2.75, 3.05) is 0 Å². The molecule has 0 fully saturated rings. The minimum atomic E-state index is -2.01.